The molecule has 1 aromatic heterocycles. The summed E-state index contributed by atoms with van der Waals surface area (Å²) in [7, 11) is 0. The van der Waals surface area contributed by atoms with E-state index in [0.29, 0.717) is 6.04 Å². The summed E-state index contributed by atoms with van der Waals surface area (Å²) in [6.07, 6.45) is 8.85. The molecule has 2 atom stereocenters. The molecule has 102 valence electrons. The summed E-state index contributed by atoms with van der Waals surface area (Å²) >= 11 is 4.00. The summed E-state index contributed by atoms with van der Waals surface area (Å²) in [4.78, 5) is 3.20. The van der Waals surface area contributed by atoms with Gasteiger partial charge in [-0.1, -0.05) is 6.92 Å². The predicted molar refractivity (Wildman–Crippen MR) is 85.0 cm³/mol. The van der Waals surface area contributed by atoms with Gasteiger partial charge in [0.15, 0.2) is 0 Å². The maximum absolute atomic E-state index is 3.67. The highest BCUT2D eigenvalue weighted by Gasteiger charge is 2.16. The Balaban J connectivity index is 1.85. The Labute approximate surface area is 120 Å². The normalized spacial score (nSPS) is 18.4. The summed E-state index contributed by atoms with van der Waals surface area (Å²) in [5.74, 6) is 0. The second-order valence-electron chi connectivity index (χ2n) is 5.32. The summed E-state index contributed by atoms with van der Waals surface area (Å²) in [5, 5.41) is 4.44. The van der Waals surface area contributed by atoms with Crippen LogP contribution in [0.4, 0.5) is 0 Å². The Morgan fingerprint density at radius 3 is 2.83 bits per heavy atom. The van der Waals surface area contributed by atoms with Gasteiger partial charge in [0.2, 0.25) is 0 Å². The predicted octanol–water partition coefficient (Wildman–Crippen LogP) is 4.42. The third-order valence-corrected chi connectivity index (χ3v) is 6.31. The van der Waals surface area contributed by atoms with E-state index in [-0.39, 0.29) is 0 Å². The number of hydrogen-bond donors (Lipinski definition) is 1. The van der Waals surface area contributed by atoms with Crippen LogP contribution in [0.3, 0.4) is 0 Å². The van der Waals surface area contributed by atoms with Gasteiger partial charge in [-0.2, -0.15) is 11.8 Å². The number of fused-ring (bicyclic) bond motifs is 1. The zero-order chi connectivity index (χ0) is 13.0. The molecular formula is C15H25NS2. The molecule has 0 aliphatic heterocycles. The molecular weight excluding hydrogens is 258 g/mol. The van der Waals surface area contributed by atoms with Crippen molar-refractivity contribution in [3.63, 3.8) is 0 Å². The van der Waals surface area contributed by atoms with Gasteiger partial charge >= 0.3 is 0 Å². The monoisotopic (exact) mass is 283 g/mol. The number of hydrogen-bond acceptors (Lipinski definition) is 3. The fourth-order valence-corrected chi connectivity index (χ4v) is 4.09. The molecule has 0 amide bonds. The van der Waals surface area contributed by atoms with Gasteiger partial charge in [-0.25, -0.2) is 0 Å². The Bertz CT molecular complexity index is 349. The standard InChI is InChI=1S/C15H25NS2/c1-11(17-3)8-9-16-12(2)15-10-13-6-4-5-7-14(13)18-15/h10-12,16H,4-9H2,1-3H3. The zero-order valence-electron chi connectivity index (χ0n) is 11.8. The van der Waals surface area contributed by atoms with Gasteiger partial charge in [-0.05, 0) is 63.5 Å². The Morgan fingerprint density at radius 2 is 2.11 bits per heavy atom. The van der Waals surface area contributed by atoms with Crippen molar-refractivity contribution in [1.82, 2.24) is 5.32 Å². The molecule has 0 fully saturated rings. The van der Waals surface area contributed by atoms with E-state index in [1.54, 1.807) is 15.3 Å². The Hall–Kier alpha value is 0.01000. The van der Waals surface area contributed by atoms with Crippen molar-refractivity contribution in [1.29, 1.82) is 0 Å². The van der Waals surface area contributed by atoms with Crippen molar-refractivity contribution in [3.05, 3.63) is 21.4 Å². The van der Waals surface area contributed by atoms with E-state index in [9.17, 15) is 0 Å². The minimum Gasteiger partial charge on any atom is -0.309 e. The van der Waals surface area contributed by atoms with Gasteiger partial charge in [0.1, 0.15) is 0 Å². The number of thiophene rings is 1. The highest BCUT2D eigenvalue weighted by atomic mass is 32.2. The lowest BCUT2D eigenvalue weighted by molar-refractivity contribution is 0.564. The number of nitrogens with one attached hydrogen (secondary N) is 1. The maximum atomic E-state index is 3.67. The van der Waals surface area contributed by atoms with Crippen LogP contribution >= 0.6 is 23.1 Å². The topological polar surface area (TPSA) is 12.0 Å². The maximum Gasteiger partial charge on any atom is 0.0386 e. The molecule has 0 bridgehead atoms. The molecule has 1 nitrogen and oxygen atoms in total. The molecule has 3 heteroatoms. The molecule has 0 aromatic carbocycles. The fourth-order valence-electron chi connectivity index (χ4n) is 2.45. The van der Waals surface area contributed by atoms with Crippen LogP contribution in [0.5, 0.6) is 0 Å². The first kappa shape index (κ1) is 14.4. The van der Waals surface area contributed by atoms with Gasteiger partial charge in [0.05, 0.1) is 0 Å². The molecule has 0 saturated heterocycles. The van der Waals surface area contributed by atoms with Crippen LogP contribution < -0.4 is 5.32 Å². The average molecular weight is 284 g/mol. The molecule has 2 rings (SSSR count). The van der Waals surface area contributed by atoms with E-state index < -0.39 is 0 Å². The van der Waals surface area contributed by atoms with E-state index in [1.807, 2.05) is 23.1 Å². The van der Waals surface area contributed by atoms with E-state index in [1.165, 1.54) is 32.1 Å². The smallest absolute Gasteiger partial charge is 0.0386 e. The minimum atomic E-state index is 0.523. The van der Waals surface area contributed by atoms with Gasteiger partial charge in [0, 0.05) is 21.0 Å². The van der Waals surface area contributed by atoms with Crippen LogP contribution in [-0.2, 0) is 12.8 Å². The van der Waals surface area contributed by atoms with Crippen LogP contribution in [0, 0.1) is 0 Å². The zero-order valence-corrected chi connectivity index (χ0v) is 13.4. The molecule has 18 heavy (non-hydrogen) atoms. The number of aryl methyl sites for hydroxylation is 2. The van der Waals surface area contributed by atoms with Gasteiger partial charge in [0.25, 0.3) is 0 Å². The lowest BCUT2D eigenvalue weighted by Gasteiger charge is -2.14. The van der Waals surface area contributed by atoms with Crippen LogP contribution in [-0.4, -0.2) is 18.1 Å². The first-order chi connectivity index (χ1) is 8.70. The average Bonchev–Trinajstić information content (AvgIpc) is 2.82. The molecule has 1 aromatic rings. The SMILES string of the molecule is CSC(C)CCNC(C)c1cc2c(s1)CCCC2. The molecule has 0 saturated carbocycles. The van der Waals surface area contributed by atoms with E-state index >= 15 is 0 Å². The van der Waals surface area contributed by atoms with Crippen molar-refractivity contribution in [2.24, 2.45) is 0 Å². The third-order valence-electron chi connectivity index (χ3n) is 3.85. The highest BCUT2D eigenvalue weighted by molar-refractivity contribution is 7.99. The molecule has 0 spiro atoms. The first-order valence-corrected chi connectivity index (χ1v) is 9.18. The molecule has 1 aliphatic rings. The lowest BCUT2D eigenvalue weighted by atomic mass is 9.99. The molecule has 1 N–H and O–H groups in total. The molecule has 0 radical (unpaired) electrons. The largest absolute Gasteiger partial charge is 0.309 e. The van der Waals surface area contributed by atoms with Crippen molar-refractivity contribution in [3.8, 4) is 0 Å². The van der Waals surface area contributed by atoms with Crippen LogP contribution in [0.2, 0.25) is 0 Å². The Kier molecular flexibility index (Phi) is 5.58. The van der Waals surface area contributed by atoms with Crippen LogP contribution in [0.15, 0.2) is 6.07 Å². The van der Waals surface area contributed by atoms with Crippen molar-refractivity contribution in [2.75, 3.05) is 12.8 Å². The number of thioether (sulfide) groups is 1. The van der Waals surface area contributed by atoms with Crippen molar-refractivity contribution >= 4 is 23.1 Å². The molecule has 1 aliphatic carbocycles. The lowest BCUT2D eigenvalue weighted by Crippen LogP contribution is -2.21. The summed E-state index contributed by atoms with van der Waals surface area (Å²) in [5.41, 5.74) is 1.63. The quantitative estimate of drug-likeness (QED) is 0.829. The molecule has 2 unspecified atom stereocenters. The van der Waals surface area contributed by atoms with Gasteiger partial charge < -0.3 is 5.32 Å². The minimum absolute atomic E-state index is 0.523. The van der Waals surface area contributed by atoms with E-state index in [4.69, 9.17) is 0 Å². The van der Waals surface area contributed by atoms with Gasteiger partial charge in [-0.15, -0.1) is 11.3 Å². The summed E-state index contributed by atoms with van der Waals surface area (Å²) in [6.45, 7) is 5.74. The van der Waals surface area contributed by atoms with E-state index in [0.717, 1.165) is 11.8 Å². The second kappa shape index (κ2) is 6.97. The second-order valence-corrected chi connectivity index (χ2v) is 7.76. The van der Waals surface area contributed by atoms with Crippen LogP contribution in [0.25, 0.3) is 0 Å². The third kappa shape index (κ3) is 3.75. The molecule has 1 heterocycles. The summed E-state index contributed by atoms with van der Waals surface area (Å²) < 4.78 is 0. The van der Waals surface area contributed by atoms with E-state index in [2.05, 4.69) is 31.5 Å². The fraction of sp³-hybridized carbons (Fsp3) is 0.733. The number of rotatable bonds is 6. The van der Waals surface area contributed by atoms with Gasteiger partial charge in [-0.3, -0.25) is 0 Å². The summed E-state index contributed by atoms with van der Waals surface area (Å²) in [6, 6.07) is 2.98. The first-order valence-electron chi connectivity index (χ1n) is 7.08. The van der Waals surface area contributed by atoms with Crippen molar-refractivity contribution < 1.29 is 0 Å². The van der Waals surface area contributed by atoms with Crippen molar-refractivity contribution in [2.45, 2.75) is 57.2 Å². The highest BCUT2D eigenvalue weighted by Crippen LogP contribution is 2.32. The van der Waals surface area contributed by atoms with Crippen LogP contribution in [0.1, 0.15) is 54.5 Å². The Morgan fingerprint density at radius 1 is 1.33 bits per heavy atom.